The van der Waals surface area contributed by atoms with E-state index in [1.165, 1.54) is 36.6 Å². The maximum atomic E-state index is 12.7. The summed E-state index contributed by atoms with van der Waals surface area (Å²) in [7, 11) is 0. The van der Waals surface area contributed by atoms with E-state index in [2.05, 4.69) is 33.8 Å². The maximum absolute atomic E-state index is 12.7. The highest BCUT2D eigenvalue weighted by molar-refractivity contribution is 7.99. The van der Waals surface area contributed by atoms with Gasteiger partial charge >= 0.3 is 0 Å². The summed E-state index contributed by atoms with van der Waals surface area (Å²) in [4.78, 5) is 12.7. The van der Waals surface area contributed by atoms with Gasteiger partial charge in [0.1, 0.15) is 5.82 Å². The van der Waals surface area contributed by atoms with Crippen molar-refractivity contribution < 1.29 is 4.79 Å². The van der Waals surface area contributed by atoms with Gasteiger partial charge in [-0.15, -0.1) is 10.2 Å². The van der Waals surface area contributed by atoms with Crippen LogP contribution in [0.25, 0.3) is 0 Å². The van der Waals surface area contributed by atoms with E-state index in [1.807, 2.05) is 13.8 Å². The number of aryl methyl sites for hydroxylation is 4. The van der Waals surface area contributed by atoms with Crippen molar-refractivity contribution in [3.05, 3.63) is 40.2 Å². The number of hydrogen-bond acceptors (Lipinski definition) is 4. The predicted molar refractivity (Wildman–Crippen MR) is 93.3 cm³/mol. The van der Waals surface area contributed by atoms with Crippen LogP contribution in [0.15, 0.2) is 17.3 Å². The lowest BCUT2D eigenvalue weighted by Crippen LogP contribution is -2.09. The van der Waals surface area contributed by atoms with Crippen LogP contribution in [0.5, 0.6) is 0 Å². The van der Waals surface area contributed by atoms with Crippen molar-refractivity contribution in [1.82, 2.24) is 14.8 Å². The Morgan fingerprint density at radius 1 is 1.13 bits per heavy atom. The molecule has 23 heavy (non-hydrogen) atoms. The van der Waals surface area contributed by atoms with Crippen LogP contribution in [0.1, 0.15) is 52.1 Å². The molecule has 1 aromatic heterocycles. The Kier molecular flexibility index (Phi) is 4.85. The van der Waals surface area contributed by atoms with E-state index in [9.17, 15) is 4.79 Å². The minimum atomic E-state index is 0.177. The Morgan fingerprint density at radius 2 is 1.87 bits per heavy atom. The number of carbonyl (C=O) groups excluding carboxylic acids is 1. The Labute approximate surface area is 141 Å². The van der Waals surface area contributed by atoms with Crippen LogP contribution in [0.2, 0.25) is 0 Å². The highest BCUT2D eigenvalue weighted by atomic mass is 32.2. The molecule has 0 unspecified atom stereocenters. The number of thioether (sulfide) groups is 1. The first-order valence-electron chi connectivity index (χ1n) is 8.22. The molecule has 2 aromatic rings. The van der Waals surface area contributed by atoms with Crippen molar-refractivity contribution in [2.45, 2.75) is 58.2 Å². The van der Waals surface area contributed by atoms with Gasteiger partial charge in [0.2, 0.25) is 0 Å². The van der Waals surface area contributed by atoms with Gasteiger partial charge in [0.05, 0.1) is 5.75 Å². The molecule has 3 rings (SSSR count). The lowest BCUT2D eigenvalue weighted by molar-refractivity contribution is 0.102. The second-order valence-corrected chi connectivity index (χ2v) is 7.29. The third-order valence-electron chi connectivity index (χ3n) is 4.36. The van der Waals surface area contributed by atoms with E-state index >= 15 is 0 Å². The van der Waals surface area contributed by atoms with Gasteiger partial charge in [-0.05, 0) is 44.7 Å². The number of benzene rings is 1. The number of carbonyl (C=O) groups is 1. The second-order valence-electron chi connectivity index (χ2n) is 6.35. The minimum Gasteiger partial charge on any atom is -0.306 e. The minimum absolute atomic E-state index is 0.177. The number of fused-ring (bicyclic) bond motifs is 1. The average Bonchev–Trinajstić information content (AvgIpc) is 2.71. The van der Waals surface area contributed by atoms with Crippen LogP contribution in [0, 0.1) is 20.8 Å². The molecule has 0 amide bonds. The summed E-state index contributed by atoms with van der Waals surface area (Å²) in [6.45, 7) is 7.07. The fourth-order valence-electron chi connectivity index (χ4n) is 3.39. The molecule has 1 aliphatic rings. The summed E-state index contributed by atoms with van der Waals surface area (Å²) in [5.74, 6) is 1.67. The van der Waals surface area contributed by atoms with E-state index in [0.29, 0.717) is 5.75 Å². The fraction of sp³-hybridized carbons (Fsp3) is 0.500. The van der Waals surface area contributed by atoms with Crippen molar-refractivity contribution in [2.75, 3.05) is 5.75 Å². The molecular weight excluding hydrogens is 306 g/mol. The first-order valence-corrected chi connectivity index (χ1v) is 9.20. The maximum Gasteiger partial charge on any atom is 0.191 e. The Morgan fingerprint density at radius 3 is 2.61 bits per heavy atom. The zero-order chi connectivity index (χ0) is 16.4. The van der Waals surface area contributed by atoms with Gasteiger partial charge in [-0.3, -0.25) is 4.79 Å². The molecule has 0 N–H and O–H groups in total. The third kappa shape index (κ3) is 3.50. The summed E-state index contributed by atoms with van der Waals surface area (Å²) in [5.41, 5.74) is 4.19. The van der Waals surface area contributed by atoms with Crippen LogP contribution < -0.4 is 0 Å². The molecule has 5 heteroatoms. The van der Waals surface area contributed by atoms with Gasteiger partial charge in [-0.25, -0.2) is 0 Å². The number of aromatic nitrogens is 3. The van der Waals surface area contributed by atoms with Gasteiger partial charge < -0.3 is 4.57 Å². The Bertz CT molecular complexity index is 713. The molecular formula is C18H23N3OS. The smallest absolute Gasteiger partial charge is 0.191 e. The molecule has 4 nitrogen and oxygen atoms in total. The Balaban J connectivity index is 1.74. The van der Waals surface area contributed by atoms with Crippen LogP contribution in [-0.4, -0.2) is 26.3 Å². The normalized spacial score (nSPS) is 14.4. The van der Waals surface area contributed by atoms with Gasteiger partial charge in [-0.2, -0.15) is 0 Å². The van der Waals surface area contributed by atoms with E-state index in [1.54, 1.807) is 0 Å². The van der Waals surface area contributed by atoms with Gasteiger partial charge in [-0.1, -0.05) is 35.9 Å². The summed E-state index contributed by atoms with van der Waals surface area (Å²) < 4.78 is 2.19. The molecule has 122 valence electrons. The summed E-state index contributed by atoms with van der Waals surface area (Å²) in [6, 6.07) is 4.15. The van der Waals surface area contributed by atoms with Crippen molar-refractivity contribution in [3.8, 4) is 0 Å². The number of rotatable bonds is 4. The molecule has 0 bridgehead atoms. The van der Waals surface area contributed by atoms with Crippen LogP contribution >= 0.6 is 11.8 Å². The average molecular weight is 329 g/mol. The van der Waals surface area contributed by atoms with Crippen LogP contribution in [0.3, 0.4) is 0 Å². The van der Waals surface area contributed by atoms with Crippen molar-refractivity contribution in [1.29, 1.82) is 0 Å². The van der Waals surface area contributed by atoms with E-state index < -0.39 is 0 Å². The molecule has 2 heterocycles. The van der Waals surface area contributed by atoms with Gasteiger partial charge in [0, 0.05) is 18.5 Å². The topological polar surface area (TPSA) is 47.8 Å². The highest BCUT2D eigenvalue weighted by Crippen LogP contribution is 2.24. The molecule has 1 aromatic carbocycles. The van der Waals surface area contributed by atoms with Crippen LogP contribution in [-0.2, 0) is 13.0 Å². The van der Waals surface area contributed by atoms with Crippen molar-refractivity contribution >= 4 is 17.5 Å². The SMILES string of the molecule is Cc1cc(C)c(C(=O)CSc2nnc3n2CCCCC3)c(C)c1. The molecule has 0 aliphatic carbocycles. The number of Topliss-reactive ketones (excluding diaryl/α,β-unsaturated/α-hetero) is 1. The van der Waals surface area contributed by atoms with Gasteiger partial charge in [0.25, 0.3) is 0 Å². The third-order valence-corrected chi connectivity index (χ3v) is 5.33. The molecule has 0 saturated carbocycles. The number of ketones is 1. The van der Waals surface area contributed by atoms with Crippen molar-refractivity contribution in [3.63, 3.8) is 0 Å². The molecule has 0 saturated heterocycles. The zero-order valence-corrected chi connectivity index (χ0v) is 14.9. The number of nitrogens with zero attached hydrogens (tertiary/aromatic N) is 3. The quantitative estimate of drug-likeness (QED) is 0.630. The summed E-state index contributed by atoms with van der Waals surface area (Å²) in [5, 5.41) is 9.47. The summed E-state index contributed by atoms with van der Waals surface area (Å²) in [6.07, 6.45) is 4.60. The standard InChI is InChI=1S/C18H23N3OS/c1-12-9-13(2)17(14(3)10-12)15(22)11-23-18-20-19-16-7-5-4-6-8-21(16)18/h9-10H,4-8,11H2,1-3H3. The highest BCUT2D eigenvalue weighted by Gasteiger charge is 2.18. The Hall–Kier alpha value is -1.62. The predicted octanol–water partition coefficient (Wildman–Crippen LogP) is 3.90. The second kappa shape index (κ2) is 6.87. The first kappa shape index (κ1) is 16.2. The fourth-order valence-corrected chi connectivity index (χ4v) is 4.24. The molecule has 0 spiro atoms. The van der Waals surface area contributed by atoms with E-state index in [4.69, 9.17) is 0 Å². The largest absolute Gasteiger partial charge is 0.306 e. The van der Waals surface area contributed by atoms with E-state index in [-0.39, 0.29) is 5.78 Å². The molecule has 0 fully saturated rings. The van der Waals surface area contributed by atoms with Crippen molar-refractivity contribution in [2.24, 2.45) is 0 Å². The monoisotopic (exact) mass is 329 g/mol. The first-order chi connectivity index (χ1) is 11.1. The van der Waals surface area contributed by atoms with Gasteiger partial charge in [0.15, 0.2) is 10.9 Å². The lowest BCUT2D eigenvalue weighted by Gasteiger charge is -2.10. The number of hydrogen-bond donors (Lipinski definition) is 0. The molecule has 0 atom stereocenters. The van der Waals surface area contributed by atoms with Crippen LogP contribution in [0.4, 0.5) is 0 Å². The zero-order valence-electron chi connectivity index (χ0n) is 14.1. The molecule has 0 radical (unpaired) electrons. The van der Waals surface area contributed by atoms with E-state index in [0.717, 1.165) is 40.6 Å². The lowest BCUT2D eigenvalue weighted by atomic mass is 9.97. The summed E-state index contributed by atoms with van der Waals surface area (Å²) >= 11 is 1.52. The molecule has 1 aliphatic heterocycles.